The molecule has 1 aromatic carbocycles. The SMILES string of the molecule is CCCF.[B]C(S)(S)Cc1nc(NC2CCC3(CCC3)CC2)nn2cc(F)c(-c3ccc(N=NC)c(C)c3)c12. The van der Waals surface area contributed by atoms with Crippen LogP contribution in [0.25, 0.3) is 16.6 Å². The number of nitrogens with zero attached hydrogens (tertiary/aromatic N) is 5. The molecule has 0 atom stereocenters. The van der Waals surface area contributed by atoms with Crippen LogP contribution >= 0.6 is 25.3 Å². The molecule has 0 aliphatic heterocycles. The minimum Gasteiger partial charge on any atom is -0.350 e. The van der Waals surface area contributed by atoms with Gasteiger partial charge in [0, 0.05) is 29.1 Å². The summed E-state index contributed by atoms with van der Waals surface area (Å²) in [4.78, 5) is 4.80. The van der Waals surface area contributed by atoms with Gasteiger partial charge in [0.1, 0.15) is 7.85 Å². The van der Waals surface area contributed by atoms with Gasteiger partial charge in [-0.05, 0) is 80.5 Å². The fraction of sp³-hybridized carbons (Fsp3) is 0.571. The normalized spacial score (nSPS) is 17.3. The van der Waals surface area contributed by atoms with Crippen LogP contribution in [0, 0.1) is 18.2 Å². The zero-order chi connectivity index (χ0) is 28.2. The van der Waals surface area contributed by atoms with Crippen LogP contribution < -0.4 is 5.32 Å². The number of nitrogens with one attached hydrogen (secondary N) is 1. The second-order valence-corrected chi connectivity index (χ2v) is 12.8. The maximum Gasteiger partial charge on any atom is 0.241 e. The molecule has 208 valence electrons. The summed E-state index contributed by atoms with van der Waals surface area (Å²) in [5, 5.41) is 16.1. The lowest BCUT2D eigenvalue weighted by atomic mass is 9.60. The third kappa shape index (κ3) is 7.15. The molecule has 2 radical (unpaired) electrons. The van der Waals surface area contributed by atoms with Crippen molar-refractivity contribution in [1.82, 2.24) is 14.6 Å². The maximum atomic E-state index is 15.4. The largest absolute Gasteiger partial charge is 0.350 e. The van der Waals surface area contributed by atoms with E-state index in [1.807, 2.05) is 25.1 Å². The predicted molar refractivity (Wildman–Crippen MR) is 162 cm³/mol. The van der Waals surface area contributed by atoms with Gasteiger partial charge in [-0.25, -0.2) is 13.9 Å². The molecular weight excluding hydrogens is 533 g/mol. The number of azo groups is 1. The van der Waals surface area contributed by atoms with Crippen molar-refractivity contribution in [1.29, 1.82) is 0 Å². The van der Waals surface area contributed by atoms with Crippen molar-refractivity contribution < 1.29 is 8.78 Å². The maximum absolute atomic E-state index is 15.4. The van der Waals surface area contributed by atoms with E-state index in [4.69, 9.17) is 12.8 Å². The average Bonchev–Trinajstić information content (AvgIpc) is 3.20. The van der Waals surface area contributed by atoms with Crippen LogP contribution in [0.2, 0.25) is 0 Å². The van der Waals surface area contributed by atoms with Crippen molar-refractivity contribution in [2.45, 2.75) is 81.7 Å². The molecule has 2 heterocycles. The van der Waals surface area contributed by atoms with E-state index >= 15 is 4.39 Å². The molecule has 0 bridgehead atoms. The Morgan fingerprint density at radius 1 is 1.23 bits per heavy atom. The molecule has 11 heteroatoms. The highest BCUT2D eigenvalue weighted by Crippen LogP contribution is 2.51. The second-order valence-electron chi connectivity index (χ2n) is 10.8. The fourth-order valence-corrected chi connectivity index (χ4v) is 5.89. The van der Waals surface area contributed by atoms with Crippen molar-refractivity contribution in [3.63, 3.8) is 0 Å². The third-order valence-corrected chi connectivity index (χ3v) is 8.08. The number of anilines is 1. The second kappa shape index (κ2) is 12.6. The Kier molecular flexibility index (Phi) is 9.63. The van der Waals surface area contributed by atoms with Crippen molar-refractivity contribution in [2.75, 3.05) is 19.0 Å². The standard InChI is InChI=1S/C25H30BFN6S2.C3H7F/c1-15-12-16(4-5-19(15)31-28-2)21-18(27)14-33-22(21)20(13-25(26,34)35)30-23(32-33)29-17-6-10-24(11-7-17)8-3-9-24;1-2-3-4/h4-5,12,14,17,34-35H,3,6-11,13H2,1-2H3,(H,29,32);2-3H2,1H3. The molecule has 1 spiro atoms. The zero-order valence-corrected chi connectivity index (χ0v) is 24.7. The lowest BCUT2D eigenvalue weighted by molar-refractivity contribution is 0.0729. The Labute approximate surface area is 242 Å². The number of hydrogen-bond donors (Lipinski definition) is 3. The smallest absolute Gasteiger partial charge is 0.241 e. The number of hydrogen-bond acceptors (Lipinski definition) is 7. The van der Waals surface area contributed by atoms with Gasteiger partial charge in [-0.3, -0.25) is 4.39 Å². The molecule has 0 saturated heterocycles. The molecule has 2 aromatic heterocycles. The van der Waals surface area contributed by atoms with Crippen molar-refractivity contribution in [2.24, 2.45) is 15.6 Å². The van der Waals surface area contributed by atoms with E-state index in [-0.39, 0.29) is 18.9 Å². The molecular formula is C28H37BF2N6S2. The highest BCUT2D eigenvalue weighted by Gasteiger charge is 2.40. The minimum atomic E-state index is -1.12. The van der Waals surface area contributed by atoms with Crippen LogP contribution in [0.1, 0.15) is 69.5 Å². The molecule has 2 fully saturated rings. The van der Waals surface area contributed by atoms with Gasteiger partial charge in [0.25, 0.3) is 0 Å². The summed E-state index contributed by atoms with van der Waals surface area (Å²) >= 11 is 8.82. The lowest BCUT2D eigenvalue weighted by Crippen LogP contribution is -2.38. The fourth-order valence-electron chi connectivity index (χ4n) is 5.59. The molecule has 0 amide bonds. The van der Waals surface area contributed by atoms with Gasteiger partial charge in [0.05, 0.1) is 29.8 Å². The third-order valence-electron chi connectivity index (χ3n) is 7.76. The Morgan fingerprint density at radius 3 is 2.46 bits per heavy atom. The van der Waals surface area contributed by atoms with E-state index < -0.39 is 3.98 Å². The van der Waals surface area contributed by atoms with Crippen LogP contribution in [0.3, 0.4) is 0 Å². The van der Waals surface area contributed by atoms with E-state index in [1.165, 1.54) is 38.3 Å². The number of alkyl halides is 1. The summed E-state index contributed by atoms with van der Waals surface area (Å²) in [6.07, 6.45) is 11.1. The van der Waals surface area contributed by atoms with E-state index in [9.17, 15) is 4.39 Å². The first kappa shape index (κ1) is 29.8. The van der Waals surface area contributed by atoms with Crippen LogP contribution in [0.5, 0.6) is 0 Å². The molecule has 1 N–H and O–H groups in total. The van der Waals surface area contributed by atoms with Crippen LogP contribution in [-0.4, -0.2) is 46.2 Å². The zero-order valence-electron chi connectivity index (χ0n) is 22.9. The quantitative estimate of drug-likeness (QED) is 0.118. The Hall–Kier alpha value is -2.14. The van der Waals surface area contributed by atoms with Crippen molar-refractivity contribution in [3.05, 3.63) is 41.5 Å². The summed E-state index contributed by atoms with van der Waals surface area (Å²) in [5.74, 6) is 0.0944. The molecule has 2 aliphatic rings. The van der Waals surface area contributed by atoms with Gasteiger partial charge in [-0.1, -0.05) is 19.4 Å². The summed E-state index contributed by atoms with van der Waals surface area (Å²) in [5.41, 5.74) is 4.50. The molecule has 39 heavy (non-hydrogen) atoms. The minimum absolute atomic E-state index is 0.181. The molecule has 5 rings (SSSR count). The Morgan fingerprint density at radius 2 is 1.92 bits per heavy atom. The number of aromatic nitrogens is 3. The van der Waals surface area contributed by atoms with Gasteiger partial charge >= 0.3 is 0 Å². The van der Waals surface area contributed by atoms with E-state index in [0.717, 1.165) is 24.1 Å². The Bertz CT molecular complexity index is 1310. The highest BCUT2D eigenvalue weighted by molar-refractivity contribution is 8.02. The first-order valence-corrected chi connectivity index (χ1v) is 14.5. The first-order chi connectivity index (χ1) is 18.6. The molecule has 6 nitrogen and oxygen atoms in total. The summed E-state index contributed by atoms with van der Waals surface area (Å²) < 4.78 is 26.6. The number of thiol groups is 2. The number of fused-ring (bicyclic) bond motifs is 1. The highest BCUT2D eigenvalue weighted by atomic mass is 32.2. The van der Waals surface area contributed by atoms with Crippen molar-refractivity contribution >= 4 is 50.3 Å². The van der Waals surface area contributed by atoms with Gasteiger partial charge < -0.3 is 5.32 Å². The van der Waals surface area contributed by atoms with Gasteiger partial charge in [0.2, 0.25) is 5.95 Å². The number of benzene rings is 1. The summed E-state index contributed by atoms with van der Waals surface area (Å²) in [6, 6.07) is 5.87. The van der Waals surface area contributed by atoms with E-state index in [1.54, 1.807) is 18.5 Å². The summed E-state index contributed by atoms with van der Waals surface area (Å²) in [7, 11) is 7.76. The van der Waals surface area contributed by atoms with Crippen LogP contribution in [0.4, 0.5) is 20.4 Å². The lowest BCUT2D eigenvalue weighted by Gasteiger charge is -2.47. The monoisotopic (exact) mass is 570 g/mol. The number of halogens is 2. The molecule has 0 unspecified atom stereocenters. The van der Waals surface area contributed by atoms with Gasteiger partial charge in [-0.2, -0.15) is 35.5 Å². The average molecular weight is 571 g/mol. The van der Waals surface area contributed by atoms with Gasteiger partial charge in [0.15, 0.2) is 5.82 Å². The van der Waals surface area contributed by atoms with Crippen LogP contribution in [0.15, 0.2) is 34.6 Å². The van der Waals surface area contributed by atoms with Gasteiger partial charge in [-0.15, -0.1) is 5.10 Å². The van der Waals surface area contributed by atoms with E-state index in [2.05, 4.69) is 45.9 Å². The number of rotatable bonds is 7. The molecule has 2 saturated carbocycles. The summed E-state index contributed by atoms with van der Waals surface area (Å²) in [6.45, 7) is 3.55. The predicted octanol–water partition coefficient (Wildman–Crippen LogP) is 7.67. The topological polar surface area (TPSA) is 66.9 Å². The number of aryl methyl sites for hydroxylation is 1. The molecule has 3 aromatic rings. The molecule has 2 aliphatic carbocycles. The Balaban J connectivity index is 0.000000826. The first-order valence-electron chi connectivity index (χ1n) is 13.6. The van der Waals surface area contributed by atoms with Crippen molar-refractivity contribution in [3.8, 4) is 11.1 Å². The van der Waals surface area contributed by atoms with E-state index in [0.29, 0.717) is 46.2 Å². The van der Waals surface area contributed by atoms with Crippen LogP contribution in [-0.2, 0) is 6.42 Å².